The number of amides is 1. The summed E-state index contributed by atoms with van der Waals surface area (Å²) in [4.78, 5) is 11.9. The number of hydrogen-bond acceptors (Lipinski definition) is 2. The summed E-state index contributed by atoms with van der Waals surface area (Å²) in [7, 11) is 0. The second-order valence-corrected chi connectivity index (χ2v) is 6.58. The molecule has 0 saturated heterocycles. The van der Waals surface area contributed by atoms with E-state index in [0.717, 1.165) is 4.47 Å². The normalized spacial score (nSPS) is 13.5. The van der Waals surface area contributed by atoms with Crippen molar-refractivity contribution in [1.29, 1.82) is 0 Å². The monoisotopic (exact) mass is 414 g/mol. The SMILES string of the molecule is CC(Nc1cccc(Br)c1)(C(N)=O)c1ccc(Br)cc1F. The van der Waals surface area contributed by atoms with Gasteiger partial charge < -0.3 is 11.1 Å². The number of anilines is 1. The van der Waals surface area contributed by atoms with Crippen molar-refractivity contribution < 1.29 is 9.18 Å². The summed E-state index contributed by atoms with van der Waals surface area (Å²) in [6.07, 6.45) is 0. The molecule has 0 saturated carbocycles. The number of primary amides is 1. The van der Waals surface area contributed by atoms with Gasteiger partial charge >= 0.3 is 0 Å². The third-order valence-electron chi connectivity index (χ3n) is 3.18. The average Bonchev–Trinajstić information content (AvgIpc) is 2.38. The lowest BCUT2D eigenvalue weighted by Crippen LogP contribution is -2.45. The molecule has 1 amide bonds. The molecule has 6 heteroatoms. The van der Waals surface area contributed by atoms with Gasteiger partial charge in [0.2, 0.25) is 5.91 Å². The quantitative estimate of drug-likeness (QED) is 0.787. The standard InChI is InChI=1S/C15H13Br2FN2O/c1-15(14(19)21,12-6-5-10(17)8-13(12)18)20-11-4-2-3-9(16)7-11/h2-8,20H,1H3,(H2,19,21). The smallest absolute Gasteiger partial charge is 0.247 e. The molecule has 1 unspecified atom stereocenters. The van der Waals surface area contributed by atoms with Crippen LogP contribution in [0.2, 0.25) is 0 Å². The van der Waals surface area contributed by atoms with Gasteiger partial charge in [-0.05, 0) is 37.3 Å². The highest BCUT2D eigenvalue weighted by atomic mass is 79.9. The first-order valence-electron chi connectivity index (χ1n) is 6.12. The summed E-state index contributed by atoms with van der Waals surface area (Å²) < 4.78 is 15.6. The van der Waals surface area contributed by atoms with Gasteiger partial charge in [0.25, 0.3) is 0 Å². The molecule has 0 aliphatic heterocycles. The zero-order valence-electron chi connectivity index (χ0n) is 11.2. The van der Waals surface area contributed by atoms with Gasteiger partial charge in [-0.3, -0.25) is 4.79 Å². The van der Waals surface area contributed by atoms with Crippen molar-refractivity contribution in [2.24, 2.45) is 5.73 Å². The molecule has 0 fully saturated rings. The Morgan fingerprint density at radius 1 is 1.19 bits per heavy atom. The first-order chi connectivity index (χ1) is 9.83. The lowest BCUT2D eigenvalue weighted by Gasteiger charge is -2.29. The van der Waals surface area contributed by atoms with Gasteiger partial charge in [-0.15, -0.1) is 0 Å². The molecule has 2 aromatic rings. The molecule has 0 spiro atoms. The topological polar surface area (TPSA) is 55.1 Å². The van der Waals surface area contributed by atoms with E-state index in [1.165, 1.54) is 12.1 Å². The van der Waals surface area contributed by atoms with Gasteiger partial charge in [0.1, 0.15) is 11.4 Å². The molecule has 2 rings (SSSR count). The molecule has 110 valence electrons. The molecular weight excluding hydrogens is 403 g/mol. The highest BCUT2D eigenvalue weighted by Gasteiger charge is 2.35. The highest BCUT2D eigenvalue weighted by molar-refractivity contribution is 9.10. The van der Waals surface area contributed by atoms with E-state index in [2.05, 4.69) is 37.2 Å². The first kappa shape index (κ1) is 16.0. The molecule has 2 aromatic carbocycles. The van der Waals surface area contributed by atoms with Crippen molar-refractivity contribution in [2.45, 2.75) is 12.5 Å². The van der Waals surface area contributed by atoms with Crippen molar-refractivity contribution in [3.63, 3.8) is 0 Å². The van der Waals surface area contributed by atoms with Gasteiger partial charge in [0, 0.05) is 20.2 Å². The second-order valence-electron chi connectivity index (χ2n) is 4.75. The predicted octanol–water partition coefficient (Wildman–Crippen LogP) is 4.16. The molecule has 21 heavy (non-hydrogen) atoms. The summed E-state index contributed by atoms with van der Waals surface area (Å²) in [6.45, 7) is 1.56. The minimum absolute atomic E-state index is 0.193. The van der Waals surface area contributed by atoms with Gasteiger partial charge in [0.15, 0.2) is 0 Å². The maximum absolute atomic E-state index is 14.2. The van der Waals surface area contributed by atoms with Crippen LogP contribution < -0.4 is 11.1 Å². The van der Waals surface area contributed by atoms with E-state index in [1.807, 2.05) is 12.1 Å². The van der Waals surface area contributed by atoms with Gasteiger partial charge in [-0.2, -0.15) is 0 Å². The number of carbonyl (C=O) groups is 1. The molecule has 1 atom stereocenters. The summed E-state index contributed by atoms with van der Waals surface area (Å²) >= 11 is 6.54. The van der Waals surface area contributed by atoms with Crippen LogP contribution in [-0.2, 0) is 10.3 Å². The molecule has 0 heterocycles. The Labute approximate surface area is 139 Å². The predicted molar refractivity (Wildman–Crippen MR) is 88.4 cm³/mol. The Morgan fingerprint density at radius 2 is 1.86 bits per heavy atom. The fraction of sp³-hybridized carbons (Fsp3) is 0.133. The zero-order chi connectivity index (χ0) is 15.6. The van der Waals surface area contributed by atoms with Crippen LogP contribution in [0.5, 0.6) is 0 Å². The van der Waals surface area contributed by atoms with E-state index in [-0.39, 0.29) is 5.56 Å². The largest absolute Gasteiger partial charge is 0.368 e. The zero-order valence-corrected chi connectivity index (χ0v) is 14.3. The Bertz CT molecular complexity index is 693. The van der Waals surface area contributed by atoms with Gasteiger partial charge in [0.05, 0.1) is 0 Å². The van der Waals surface area contributed by atoms with E-state index >= 15 is 0 Å². The molecular formula is C15H13Br2FN2O. The molecule has 0 radical (unpaired) electrons. The Kier molecular flexibility index (Phi) is 4.68. The molecule has 0 aliphatic carbocycles. The minimum Gasteiger partial charge on any atom is -0.368 e. The van der Waals surface area contributed by atoms with Crippen LogP contribution >= 0.6 is 31.9 Å². The van der Waals surface area contributed by atoms with E-state index in [9.17, 15) is 9.18 Å². The lowest BCUT2D eigenvalue weighted by molar-refractivity contribution is -0.122. The molecule has 0 aliphatic rings. The average molecular weight is 416 g/mol. The third kappa shape index (κ3) is 3.44. The number of halogens is 3. The van der Waals surface area contributed by atoms with Crippen molar-refractivity contribution >= 4 is 43.5 Å². The summed E-state index contributed by atoms with van der Waals surface area (Å²) in [5.74, 6) is -1.17. The number of nitrogens with one attached hydrogen (secondary N) is 1. The van der Waals surface area contributed by atoms with Crippen LogP contribution in [0.4, 0.5) is 10.1 Å². The second kappa shape index (κ2) is 6.15. The van der Waals surface area contributed by atoms with E-state index < -0.39 is 17.3 Å². The van der Waals surface area contributed by atoms with Crippen molar-refractivity contribution in [1.82, 2.24) is 0 Å². The summed E-state index contributed by atoms with van der Waals surface area (Å²) in [5, 5.41) is 3.01. The maximum Gasteiger partial charge on any atom is 0.247 e. The fourth-order valence-corrected chi connectivity index (χ4v) is 2.74. The van der Waals surface area contributed by atoms with Crippen LogP contribution in [0.15, 0.2) is 51.4 Å². The molecule has 3 nitrogen and oxygen atoms in total. The van der Waals surface area contributed by atoms with E-state index in [0.29, 0.717) is 10.2 Å². The van der Waals surface area contributed by atoms with Crippen LogP contribution in [0.25, 0.3) is 0 Å². The third-order valence-corrected chi connectivity index (χ3v) is 4.17. The Morgan fingerprint density at radius 3 is 2.43 bits per heavy atom. The maximum atomic E-state index is 14.2. The summed E-state index contributed by atoms with van der Waals surface area (Å²) in [5.41, 5.74) is 5.00. The number of nitrogens with two attached hydrogens (primary N) is 1. The van der Waals surface area contributed by atoms with Crippen LogP contribution in [-0.4, -0.2) is 5.91 Å². The number of hydrogen-bond donors (Lipinski definition) is 2. The van der Waals surface area contributed by atoms with E-state index in [4.69, 9.17) is 5.73 Å². The van der Waals surface area contributed by atoms with Crippen LogP contribution in [0.3, 0.4) is 0 Å². The molecule has 3 N–H and O–H groups in total. The molecule has 0 bridgehead atoms. The van der Waals surface area contributed by atoms with Crippen LogP contribution in [0.1, 0.15) is 12.5 Å². The van der Waals surface area contributed by atoms with Crippen molar-refractivity contribution in [2.75, 3.05) is 5.32 Å². The first-order valence-corrected chi connectivity index (χ1v) is 7.71. The fourth-order valence-electron chi connectivity index (χ4n) is 2.01. The Hall–Kier alpha value is -1.40. The summed E-state index contributed by atoms with van der Waals surface area (Å²) in [6, 6.07) is 11.7. The van der Waals surface area contributed by atoms with Gasteiger partial charge in [-0.25, -0.2) is 4.39 Å². The van der Waals surface area contributed by atoms with E-state index in [1.54, 1.807) is 25.1 Å². The Balaban J connectivity index is 2.48. The van der Waals surface area contributed by atoms with Crippen molar-refractivity contribution in [3.05, 3.63) is 62.8 Å². The minimum atomic E-state index is -1.36. The van der Waals surface area contributed by atoms with Crippen LogP contribution in [0, 0.1) is 5.82 Å². The highest BCUT2D eigenvalue weighted by Crippen LogP contribution is 2.30. The molecule has 0 aromatic heterocycles. The van der Waals surface area contributed by atoms with Gasteiger partial charge in [-0.1, -0.05) is 44.0 Å². The van der Waals surface area contributed by atoms with Crippen molar-refractivity contribution in [3.8, 4) is 0 Å². The lowest BCUT2D eigenvalue weighted by atomic mass is 9.90. The number of benzene rings is 2. The number of carbonyl (C=O) groups excluding carboxylic acids is 1. The number of rotatable bonds is 4.